The van der Waals surface area contributed by atoms with Crippen LogP contribution in [0.2, 0.25) is 0 Å². The van der Waals surface area contributed by atoms with Gasteiger partial charge in [0.2, 0.25) is 0 Å². The normalized spacial score (nSPS) is 12.5. The zero-order valence-corrected chi connectivity index (χ0v) is 24.8. The molecule has 2 aromatic carbocycles. The number of aromatic nitrogens is 4. The van der Waals surface area contributed by atoms with Gasteiger partial charge < -0.3 is 25.0 Å². The molecular weight excluding hydrogens is 558 g/mol. The van der Waals surface area contributed by atoms with Gasteiger partial charge in [0.15, 0.2) is 22.9 Å². The van der Waals surface area contributed by atoms with E-state index in [2.05, 4.69) is 38.8 Å². The van der Waals surface area contributed by atoms with Crippen molar-refractivity contribution in [1.29, 1.82) is 0 Å². The van der Waals surface area contributed by atoms with Gasteiger partial charge in [0.05, 0.1) is 31.3 Å². The first-order chi connectivity index (χ1) is 21.4. The number of para-hydroxylation sites is 1. The SMILES string of the molecule is CCOC(=O)c1ncccc1Nc1cc(N(C)c2ccccc2Cc2ccc(OC)cc2)c2ncc(C(=O)NC3CC3)n2n1. The first-order valence-electron chi connectivity index (χ1n) is 14.5. The molecule has 11 nitrogen and oxygen atoms in total. The van der Waals surface area contributed by atoms with Crippen molar-refractivity contribution < 1.29 is 19.1 Å². The summed E-state index contributed by atoms with van der Waals surface area (Å²) in [7, 11) is 3.61. The molecule has 1 fully saturated rings. The molecule has 1 saturated carbocycles. The molecule has 1 amide bonds. The lowest BCUT2D eigenvalue weighted by molar-refractivity contribution is 0.0520. The highest BCUT2D eigenvalue weighted by molar-refractivity contribution is 5.96. The molecule has 11 heteroatoms. The molecule has 224 valence electrons. The van der Waals surface area contributed by atoms with Gasteiger partial charge >= 0.3 is 5.97 Å². The van der Waals surface area contributed by atoms with Gasteiger partial charge in [-0.15, -0.1) is 5.10 Å². The van der Waals surface area contributed by atoms with E-state index in [9.17, 15) is 9.59 Å². The maximum Gasteiger partial charge on any atom is 0.359 e. The number of rotatable bonds is 11. The van der Waals surface area contributed by atoms with E-state index >= 15 is 0 Å². The Morgan fingerprint density at radius 3 is 2.57 bits per heavy atom. The van der Waals surface area contributed by atoms with Gasteiger partial charge in [0.25, 0.3) is 5.91 Å². The maximum atomic E-state index is 13.2. The number of ether oxygens (including phenoxy) is 2. The molecule has 44 heavy (non-hydrogen) atoms. The van der Waals surface area contributed by atoms with E-state index in [-0.39, 0.29) is 24.2 Å². The number of carbonyl (C=O) groups is 2. The lowest BCUT2D eigenvalue weighted by atomic mass is 10.0. The van der Waals surface area contributed by atoms with Crippen LogP contribution in [0.15, 0.2) is 79.1 Å². The zero-order chi connectivity index (χ0) is 30.6. The van der Waals surface area contributed by atoms with Gasteiger partial charge in [-0.3, -0.25) is 4.79 Å². The van der Waals surface area contributed by atoms with Crippen molar-refractivity contribution in [2.45, 2.75) is 32.2 Å². The standard InChI is InChI=1S/C33H33N7O4/c1-4-44-33(42)30-25(9-7-17-34-30)37-29-19-27(31-35-20-28(40(31)38-29)32(41)36-23-13-14-23)39(2)26-10-6-5-8-22(26)18-21-11-15-24(43-3)16-12-21/h5-12,15-17,19-20,23H,4,13-14,18H2,1-3H3,(H,36,41)(H,37,38). The number of amides is 1. The smallest absolute Gasteiger partial charge is 0.359 e. The minimum atomic E-state index is -0.548. The topological polar surface area (TPSA) is 123 Å². The van der Waals surface area contributed by atoms with Gasteiger partial charge in [-0.05, 0) is 67.6 Å². The van der Waals surface area contributed by atoms with Gasteiger partial charge in [-0.2, -0.15) is 0 Å². The van der Waals surface area contributed by atoms with Crippen molar-refractivity contribution in [3.63, 3.8) is 0 Å². The Kier molecular flexibility index (Phi) is 8.09. The minimum Gasteiger partial charge on any atom is -0.497 e. The van der Waals surface area contributed by atoms with Gasteiger partial charge in [0, 0.05) is 31.0 Å². The number of nitrogens with zero attached hydrogens (tertiary/aromatic N) is 5. The number of imidazole rings is 1. The fourth-order valence-corrected chi connectivity index (χ4v) is 4.99. The summed E-state index contributed by atoms with van der Waals surface area (Å²) in [6, 6.07) is 21.6. The van der Waals surface area contributed by atoms with E-state index in [0.29, 0.717) is 35.0 Å². The van der Waals surface area contributed by atoms with Crippen LogP contribution in [0, 0.1) is 0 Å². The largest absolute Gasteiger partial charge is 0.497 e. The van der Waals surface area contributed by atoms with E-state index in [0.717, 1.165) is 35.4 Å². The fourth-order valence-electron chi connectivity index (χ4n) is 4.99. The number of esters is 1. The number of fused-ring (bicyclic) bond motifs is 1. The predicted octanol–water partition coefficient (Wildman–Crippen LogP) is 5.30. The number of hydrogen-bond donors (Lipinski definition) is 2. The number of anilines is 4. The number of methoxy groups -OCH3 is 1. The molecule has 6 rings (SSSR count). The second-order valence-electron chi connectivity index (χ2n) is 10.5. The Hall–Kier alpha value is -5.45. The number of carbonyl (C=O) groups excluding carboxylic acids is 2. The Balaban J connectivity index is 1.42. The third kappa shape index (κ3) is 6.03. The number of nitrogens with one attached hydrogen (secondary N) is 2. The molecule has 1 aliphatic rings. The summed E-state index contributed by atoms with van der Waals surface area (Å²) in [6.07, 6.45) is 5.68. The summed E-state index contributed by atoms with van der Waals surface area (Å²) in [5.41, 5.74) is 5.28. The number of benzene rings is 2. The summed E-state index contributed by atoms with van der Waals surface area (Å²) in [5, 5.41) is 11.0. The van der Waals surface area contributed by atoms with E-state index < -0.39 is 5.97 Å². The highest BCUT2D eigenvalue weighted by Crippen LogP contribution is 2.34. The first kappa shape index (κ1) is 28.7. The van der Waals surface area contributed by atoms with Crippen LogP contribution in [0.5, 0.6) is 5.75 Å². The number of pyridine rings is 1. The average Bonchev–Trinajstić information content (AvgIpc) is 3.76. The summed E-state index contributed by atoms with van der Waals surface area (Å²) >= 11 is 0. The zero-order valence-electron chi connectivity index (χ0n) is 24.8. The minimum absolute atomic E-state index is 0.133. The quantitative estimate of drug-likeness (QED) is 0.197. The molecule has 0 radical (unpaired) electrons. The molecule has 1 aliphatic carbocycles. The Labute approximate surface area is 254 Å². The molecule has 0 bridgehead atoms. The lowest BCUT2D eigenvalue weighted by Crippen LogP contribution is -2.27. The molecule has 0 saturated heterocycles. The molecule has 3 heterocycles. The molecule has 0 atom stereocenters. The third-order valence-corrected chi connectivity index (χ3v) is 7.40. The van der Waals surface area contributed by atoms with Crippen molar-refractivity contribution in [2.24, 2.45) is 0 Å². The van der Waals surface area contributed by atoms with Crippen molar-refractivity contribution in [3.8, 4) is 5.75 Å². The maximum absolute atomic E-state index is 13.2. The van der Waals surface area contributed by atoms with Crippen LogP contribution >= 0.6 is 0 Å². The van der Waals surface area contributed by atoms with Gasteiger partial charge in [-0.25, -0.2) is 19.3 Å². The molecule has 2 N–H and O–H groups in total. The predicted molar refractivity (Wildman–Crippen MR) is 167 cm³/mol. The molecule has 0 aliphatic heterocycles. The summed E-state index contributed by atoms with van der Waals surface area (Å²) in [4.78, 5) is 36.7. The summed E-state index contributed by atoms with van der Waals surface area (Å²) in [6.45, 7) is 1.96. The van der Waals surface area contributed by atoms with E-state index in [1.165, 1.54) is 6.20 Å². The Morgan fingerprint density at radius 1 is 1.02 bits per heavy atom. The van der Waals surface area contributed by atoms with Crippen molar-refractivity contribution >= 4 is 40.4 Å². The highest BCUT2D eigenvalue weighted by atomic mass is 16.5. The Bertz CT molecular complexity index is 1820. The molecule has 0 unspecified atom stereocenters. The monoisotopic (exact) mass is 591 g/mol. The number of hydrogen-bond acceptors (Lipinski definition) is 9. The molecular formula is C33H33N7O4. The van der Waals surface area contributed by atoms with Crippen LogP contribution in [0.4, 0.5) is 22.9 Å². The average molecular weight is 592 g/mol. The second-order valence-corrected chi connectivity index (χ2v) is 10.5. The van der Waals surface area contributed by atoms with Crippen LogP contribution in [0.3, 0.4) is 0 Å². The van der Waals surface area contributed by atoms with Crippen molar-refractivity contribution in [3.05, 3.63) is 102 Å². The van der Waals surface area contributed by atoms with E-state index in [1.54, 1.807) is 36.9 Å². The lowest BCUT2D eigenvalue weighted by Gasteiger charge is -2.24. The van der Waals surface area contributed by atoms with Crippen LogP contribution in [-0.4, -0.2) is 58.3 Å². The van der Waals surface area contributed by atoms with Crippen molar-refractivity contribution in [2.75, 3.05) is 31.0 Å². The van der Waals surface area contributed by atoms with Gasteiger partial charge in [-0.1, -0.05) is 30.3 Å². The molecule has 3 aromatic heterocycles. The highest BCUT2D eigenvalue weighted by Gasteiger charge is 2.27. The van der Waals surface area contributed by atoms with Crippen LogP contribution in [-0.2, 0) is 11.2 Å². The summed E-state index contributed by atoms with van der Waals surface area (Å²) in [5.74, 6) is 0.406. The first-order valence-corrected chi connectivity index (χ1v) is 14.5. The fraction of sp³-hybridized carbons (Fsp3) is 0.242. The Morgan fingerprint density at radius 2 is 1.82 bits per heavy atom. The van der Waals surface area contributed by atoms with Gasteiger partial charge in [0.1, 0.15) is 5.75 Å². The van der Waals surface area contributed by atoms with E-state index in [4.69, 9.17) is 14.6 Å². The molecule has 0 spiro atoms. The molecule has 5 aromatic rings. The van der Waals surface area contributed by atoms with Crippen LogP contribution in [0.1, 0.15) is 51.9 Å². The van der Waals surface area contributed by atoms with Crippen LogP contribution in [0.25, 0.3) is 5.65 Å². The van der Waals surface area contributed by atoms with Crippen LogP contribution < -0.4 is 20.3 Å². The summed E-state index contributed by atoms with van der Waals surface area (Å²) < 4.78 is 12.1. The second kappa shape index (κ2) is 12.4. The van der Waals surface area contributed by atoms with Crippen molar-refractivity contribution in [1.82, 2.24) is 24.9 Å². The van der Waals surface area contributed by atoms with E-state index in [1.807, 2.05) is 48.3 Å². The third-order valence-electron chi connectivity index (χ3n) is 7.40.